The average molecular weight is 419 g/mol. The lowest BCUT2D eigenvalue weighted by Crippen LogP contribution is -2.37. The molecule has 0 aliphatic carbocycles. The van der Waals surface area contributed by atoms with Crippen molar-refractivity contribution >= 4 is 27.3 Å². The van der Waals surface area contributed by atoms with Gasteiger partial charge in [-0.1, -0.05) is 6.92 Å². The van der Waals surface area contributed by atoms with E-state index in [0.29, 0.717) is 24.6 Å². The van der Waals surface area contributed by atoms with Crippen LogP contribution in [0.25, 0.3) is 0 Å². The van der Waals surface area contributed by atoms with Crippen LogP contribution in [0.3, 0.4) is 0 Å². The van der Waals surface area contributed by atoms with Gasteiger partial charge in [-0.3, -0.25) is 19.6 Å². The fourth-order valence-corrected chi connectivity index (χ4v) is 4.18. The second kappa shape index (κ2) is 8.08. The number of anilines is 1. The number of phenolic OH excluding ortho intramolecular Hbond substituents is 1. The zero-order chi connectivity index (χ0) is 21.2. The van der Waals surface area contributed by atoms with E-state index in [2.05, 4.69) is 11.6 Å². The molecule has 1 aliphatic rings. The van der Waals surface area contributed by atoms with E-state index in [1.54, 1.807) is 4.90 Å². The molecule has 0 unspecified atom stereocenters. The highest BCUT2D eigenvalue weighted by Crippen LogP contribution is 2.29. The SMILES string of the molecule is CC1CCN(C(=O)c2ccc(NS(=O)(=O)c3ccc(O)c([N+](=O)[O-])c3)cc2)CC1. The number of piperidine rings is 1. The molecule has 1 aliphatic heterocycles. The quantitative estimate of drug-likeness (QED) is 0.566. The lowest BCUT2D eigenvalue weighted by Gasteiger charge is -2.30. The van der Waals surface area contributed by atoms with Crippen LogP contribution in [-0.4, -0.2) is 42.3 Å². The molecule has 2 aromatic carbocycles. The Labute approximate surface area is 168 Å². The number of nitrogens with zero attached hydrogens (tertiary/aromatic N) is 2. The van der Waals surface area contributed by atoms with Crippen LogP contribution in [0.5, 0.6) is 5.75 Å². The maximum absolute atomic E-state index is 12.6. The summed E-state index contributed by atoms with van der Waals surface area (Å²) in [4.78, 5) is 24.0. The highest BCUT2D eigenvalue weighted by molar-refractivity contribution is 7.92. The molecule has 1 heterocycles. The van der Waals surface area contributed by atoms with Gasteiger partial charge < -0.3 is 10.0 Å². The number of hydrogen-bond donors (Lipinski definition) is 2. The Morgan fingerprint density at radius 2 is 1.79 bits per heavy atom. The van der Waals surface area contributed by atoms with E-state index in [-0.39, 0.29) is 16.5 Å². The standard InChI is InChI=1S/C19H21N3O6S/c1-13-8-10-21(11-9-13)19(24)14-2-4-15(5-3-14)20-29(27,28)16-6-7-18(23)17(12-16)22(25)26/h2-7,12-13,20,23H,8-11H2,1H3. The molecule has 1 amide bonds. The third-order valence-electron chi connectivity index (χ3n) is 4.91. The maximum atomic E-state index is 12.6. The predicted molar refractivity (Wildman–Crippen MR) is 106 cm³/mol. The largest absolute Gasteiger partial charge is 0.502 e. The van der Waals surface area contributed by atoms with E-state index >= 15 is 0 Å². The third-order valence-corrected chi connectivity index (χ3v) is 6.29. The summed E-state index contributed by atoms with van der Waals surface area (Å²) in [6, 6.07) is 8.81. The number of amides is 1. The van der Waals surface area contributed by atoms with Crippen LogP contribution in [0.1, 0.15) is 30.1 Å². The summed E-state index contributed by atoms with van der Waals surface area (Å²) in [5.74, 6) is -0.115. The molecule has 1 saturated heterocycles. The Morgan fingerprint density at radius 1 is 1.17 bits per heavy atom. The molecule has 0 aromatic heterocycles. The minimum Gasteiger partial charge on any atom is -0.502 e. The van der Waals surface area contributed by atoms with Crippen molar-refractivity contribution in [3.05, 3.63) is 58.1 Å². The molecule has 2 aromatic rings. The van der Waals surface area contributed by atoms with Crippen LogP contribution in [0, 0.1) is 16.0 Å². The number of likely N-dealkylation sites (tertiary alicyclic amines) is 1. The van der Waals surface area contributed by atoms with Crippen LogP contribution < -0.4 is 4.72 Å². The van der Waals surface area contributed by atoms with Gasteiger partial charge in [0.05, 0.1) is 9.82 Å². The van der Waals surface area contributed by atoms with Gasteiger partial charge in [-0.25, -0.2) is 8.42 Å². The topological polar surface area (TPSA) is 130 Å². The molecule has 1 fully saturated rings. The Morgan fingerprint density at radius 3 is 2.38 bits per heavy atom. The van der Waals surface area contributed by atoms with E-state index in [9.17, 15) is 28.4 Å². The first-order valence-corrected chi connectivity index (χ1v) is 10.6. The van der Waals surface area contributed by atoms with Crippen LogP contribution in [0.2, 0.25) is 0 Å². The number of nitro groups is 1. The fourth-order valence-electron chi connectivity index (χ4n) is 3.11. The summed E-state index contributed by atoms with van der Waals surface area (Å²) in [5.41, 5.74) is -0.0306. The summed E-state index contributed by atoms with van der Waals surface area (Å²) in [6.45, 7) is 3.56. The Kier molecular flexibility index (Phi) is 5.73. The normalized spacial score (nSPS) is 15.1. The minimum absolute atomic E-state index is 0.0968. The maximum Gasteiger partial charge on any atom is 0.312 e. The number of nitro benzene ring substituents is 1. The summed E-state index contributed by atoms with van der Waals surface area (Å²) >= 11 is 0. The Bertz CT molecular complexity index is 1030. The van der Waals surface area contributed by atoms with Gasteiger partial charge in [-0.2, -0.15) is 0 Å². The number of sulfonamides is 1. The molecule has 9 nitrogen and oxygen atoms in total. The van der Waals surface area contributed by atoms with Gasteiger partial charge in [0.2, 0.25) is 0 Å². The van der Waals surface area contributed by atoms with Crippen LogP contribution >= 0.6 is 0 Å². The van der Waals surface area contributed by atoms with Crippen molar-refractivity contribution in [3.63, 3.8) is 0 Å². The second-order valence-corrected chi connectivity index (χ2v) is 8.75. The number of carbonyl (C=O) groups excluding carboxylic acids is 1. The van der Waals surface area contributed by atoms with Crippen LogP contribution in [-0.2, 0) is 10.0 Å². The third kappa shape index (κ3) is 4.65. The lowest BCUT2D eigenvalue weighted by atomic mass is 9.98. The first-order valence-electron chi connectivity index (χ1n) is 9.07. The van der Waals surface area contributed by atoms with Crippen molar-refractivity contribution < 1.29 is 23.2 Å². The highest BCUT2D eigenvalue weighted by atomic mass is 32.2. The highest BCUT2D eigenvalue weighted by Gasteiger charge is 2.23. The molecule has 29 heavy (non-hydrogen) atoms. The first-order chi connectivity index (χ1) is 13.7. The number of carbonyl (C=O) groups is 1. The van der Waals surface area contributed by atoms with Crippen molar-refractivity contribution in [2.45, 2.75) is 24.7 Å². The van der Waals surface area contributed by atoms with Gasteiger partial charge in [-0.15, -0.1) is 0 Å². The van der Waals surface area contributed by atoms with Crippen molar-refractivity contribution in [1.29, 1.82) is 0 Å². The molecule has 0 spiro atoms. The number of hydrogen-bond acceptors (Lipinski definition) is 6. The molecule has 10 heteroatoms. The molecule has 0 atom stereocenters. The fraction of sp³-hybridized carbons (Fsp3) is 0.316. The van der Waals surface area contributed by atoms with Gasteiger partial charge in [0.25, 0.3) is 15.9 Å². The lowest BCUT2D eigenvalue weighted by molar-refractivity contribution is -0.386. The Balaban J connectivity index is 1.74. The zero-order valence-electron chi connectivity index (χ0n) is 15.7. The molecule has 0 radical (unpaired) electrons. The summed E-state index contributed by atoms with van der Waals surface area (Å²) in [6.07, 6.45) is 1.92. The van der Waals surface area contributed by atoms with E-state index in [0.717, 1.165) is 31.0 Å². The van der Waals surface area contributed by atoms with Crippen molar-refractivity contribution in [1.82, 2.24) is 4.90 Å². The number of nitrogens with one attached hydrogen (secondary N) is 1. The smallest absolute Gasteiger partial charge is 0.312 e. The van der Waals surface area contributed by atoms with Crippen molar-refractivity contribution in [2.24, 2.45) is 5.92 Å². The minimum atomic E-state index is -4.11. The molecular formula is C19H21N3O6S. The summed E-state index contributed by atoms with van der Waals surface area (Å²) in [7, 11) is -4.11. The molecule has 2 N–H and O–H groups in total. The van der Waals surface area contributed by atoms with Crippen molar-refractivity contribution in [3.8, 4) is 5.75 Å². The predicted octanol–water partition coefficient (Wildman–Crippen LogP) is 2.97. The van der Waals surface area contributed by atoms with Crippen LogP contribution in [0.4, 0.5) is 11.4 Å². The average Bonchev–Trinajstić information content (AvgIpc) is 2.68. The molecule has 3 rings (SSSR count). The van der Waals surface area contributed by atoms with E-state index in [1.807, 2.05) is 0 Å². The van der Waals surface area contributed by atoms with Gasteiger partial charge in [0.15, 0.2) is 5.75 Å². The van der Waals surface area contributed by atoms with E-state index < -0.39 is 26.4 Å². The number of phenols is 1. The number of aromatic hydroxyl groups is 1. The second-order valence-electron chi connectivity index (χ2n) is 7.07. The van der Waals surface area contributed by atoms with Gasteiger partial charge in [0, 0.05) is 30.4 Å². The summed E-state index contributed by atoms with van der Waals surface area (Å²) in [5, 5.41) is 20.4. The van der Waals surface area contributed by atoms with Gasteiger partial charge in [0.1, 0.15) is 0 Å². The van der Waals surface area contributed by atoms with Crippen LogP contribution in [0.15, 0.2) is 47.4 Å². The Hall–Kier alpha value is -3.14. The molecular weight excluding hydrogens is 398 g/mol. The summed E-state index contributed by atoms with van der Waals surface area (Å²) < 4.78 is 27.3. The van der Waals surface area contributed by atoms with Crippen molar-refractivity contribution in [2.75, 3.05) is 17.8 Å². The monoisotopic (exact) mass is 419 g/mol. The number of rotatable bonds is 5. The first kappa shape index (κ1) is 20.6. The molecule has 0 bridgehead atoms. The van der Waals surface area contributed by atoms with Gasteiger partial charge >= 0.3 is 5.69 Å². The number of benzene rings is 2. The molecule has 154 valence electrons. The molecule has 0 saturated carbocycles. The zero-order valence-corrected chi connectivity index (χ0v) is 16.6. The van der Waals surface area contributed by atoms with E-state index in [1.165, 1.54) is 24.3 Å². The van der Waals surface area contributed by atoms with E-state index in [4.69, 9.17) is 0 Å². The van der Waals surface area contributed by atoms with Gasteiger partial charge in [-0.05, 0) is 55.2 Å².